The van der Waals surface area contributed by atoms with Crippen LogP contribution >= 0.6 is 0 Å². The zero-order valence-corrected chi connectivity index (χ0v) is 17.2. The molecule has 0 N–H and O–H groups in total. The Kier molecular flexibility index (Phi) is 6.90. The van der Waals surface area contributed by atoms with Crippen molar-refractivity contribution >= 4 is 12.1 Å². The molecule has 2 fully saturated rings. The highest BCUT2D eigenvalue weighted by molar-refractivity contribution is 5.88. The minimum Gasteiger partial charge on any atom is -0.364 e. The number of amides is 4. The molecule has 2 rings (SSSR count). The summed E-state index contributed by atoms with van der Waals surface area (Å²) in [6, 6.07) is -0.513. The Morgan fingerprint density at radius 1 is 0.778 bits per heavy atom. The summed E-state index contributed by atoms with van der Waals surface area (Å²) >= 11 is 0. The van der Waals surface area contributed by atoms with E-state index >= 15 is 0 Å². The van der Waals surface area contributed by atoms with Crippen molar-refractivity contribution in [3.8, 4) is 0 Å². The number of carbonyl (C=O) groups excluding carboxylic acids is 2. The Bertz CT molecular complexity index is 550. The molecule has 0 spiro atoms. The highest BCUT2D eigenvalue weighted by Gasteiger charge is 2.76. The van der Waals surface area contributed by atoms with Gasteiger partial charge >= 0.3 is 12.1 Å². The molecule has 2 saturated heterocycles. The lowest BCUT2D eigenvalue weighted by atomic mass is 9.89. The summed E-state index contributed by atoms with van der Waals surface area (Å²) in [6.07, 6.45) is 1.30. The Morgan fingerprint density at radius 2 is 1.22 bits per heavy atom. The SMILES string of the molecule is CCCC12N(COC)C(=O)N(COC)C1(C)N(COCC)C(=O)N2COC. The fraction of sp³-hybridized carbons (Fsp3) is 0.882. The maximum absolute atomic E-state index is 13.4. The molecule has 2 aliphatic rings. The fourth-order valence-electron chi connectivity index (χ4n) is 4.33. The van der Waals surface area contributed by atoms with E-state index in [9.17, 15) is 9.59 Å². The average molecular weight is 388 g/mol. The number of hydrogen-bond donors (Lipinski definition) is 0. The van der Waals surface area contributed by atoms with Gasteiger partial charge in [0.2, 0.25) is 0 Å². The normalized spacial score (nSPS) is 27.9. The molecule has 0 aromatic rings. The molecule has 0 bridgehead atoms. The summed E-state index contributed by atoms with van der Waals surface area (Å²) in [4.78, 5) is 33.0. The van der Waals surface area contributed by atoms with Gasteiger partial charge in [-0.3, -0.25) is 19.6 Å². The van der Waals surface area contributed by atoms with Crippen LogP contribution in [0.5, 0.6) is 0 Å². The first-order chi connectivity index (χ1) is 12.9. The van der Waals surface area contributed by atoms with Gasteiger partial charge in [-0.1, -0.05) is 13.3 Å². The van der Waals surface area contributed by atoms with Crippen LogP contribution in [-0.2, 0) is 18.9 Å². The summed E-state index contributed by atoms with van der Waals surface area (Å²) in [5.74, 6) is 0. The van der Waals surface area contributed by atoms with E-state index in [-0.39, 0.29) is 39.0 Å². The van der Waals surface area contributed by atoms with Gasteiger partial charge in [0.25, 0.3) is 0 Å². The van der Waals surface area contributed by atoms with Gasteiger partial charge in [0.05, 0.1) is 0 Å². The lowest BCUT2D eigenvalue weighted by molar-refractivity contribution is -0.129. The van der Waals surface area contributed by atoms with E-state index in [2.05, 4.69) is 0 Å². The third-order valence-corrected chi connectivity index (χ3v) is 5.42. The minimum absolute atomic E-state index is 0.0394. The molecule has 10 heteroatoms. The smallest absolute Gasteiger partial charge is 0.327 e. The predicted octanol–water partition coefficient (Wildman–Crippen LogP) is 1.48. The van der Waals surface area contributed by atoms with Crippen LogP contribution in [0.15, 0.2) is 0 Å². The molecule has 0 aliphatic carbocycles. The van der Waals surface area contributed by atoms with Gasteiger partial charge < -0.3 is 18.9 Å². The minimum atomic E-state index is -1.01. The molecule has 0 aromatic carbocycles. The van der Waals surface area contributed by atoms with Gasteiger partial charge in [-0.05, 0) is 20.3 Å². The van der Waals surface area contributed by atoms with Crippen LogP contribution < -0.4 is 0 Å². The van der Waals surface area contributed by atoms with Crippen molar-refractivity contribution in [1.29, 1.82) is 0 Å². The highest BCUT2D eigenvalue weighted by atomic mass is 16.5. The number of nitrogens with zero attached hydrogens (tertiary/aromatic N) is 4. The number of urea groups is 2. The summed E-state index contributed by atoms with van der Waals surface area (Å²) in [5, 5.41) is 0. The molecule has 2 aliphatic heterocycles. The van der Waals surface area contributed by atoms with E-state index in [1.54, 1.807) is 19.6 Å². The fourth-order valence-corrected chi connectivity index (χ4v) is 4.33. The molecule has 0 aromatic heterocycles. The maximum Gasteiger partial charge on any atom is 0.327 e. The summed E-state index contributed by atoms with van der Waals surface area (Å²) in [5.41, 5.74) is -1.99. The largest absolute Gasteiger partial charge is 0.364 e. The number of rotatable bonds is 11. The standard InChI is InChI=1S/C17H32N4O6/c1-7-9-17-16(3,18(10-24-4)14(22)20(17)11-25-5)19(13-27-8-2)15(23)21(17)12-26-6/h7-13H2,1-6H3. The van der Waals surface area contributed by atoms with Gasteiger partial charge in [-0.25, -0.2) is 9.59 Å². The van der Waals surface area contributed by atoms with Crippen molar-refractivity contribution in [3.05, 3.63) is 0 Å². The molecule has 2 atom stereocenters. The summed E-state index contributed by atoms with van der Waals surface area (Å²) < 4.78 is 21.6. The van der Waals surface area contributed by atoms with Gasteiger partial charge in [0.1, 0.15) is 26.9 Å². The van der Waals surface area contributed by atoms with Crippen LogP contribution in [0.3, 0.4) is 0 Å². The molecule has 0 radical (unpaired) electrons. The van der Waals surface area contributed by atoms with Gasteiger partial charge in [-0.2, -0.15) is 0 Å². The van der Waals surface area contributed by atoms with Gasteiger partial charge in [0.15, 0.2) is 11.3 Å². The Labute approximate surface area is 160 Å². The van der Waals surface area contributed by atoms with E-state index in [0.717, 1.165) is 6.42 Å². The molecule has 10 nitrogen and oxygen atoms in total. The molecule has 4 amide bonds. The first-order valence-electron chi connectivity index (χ1n) is 9.15. The number of methoxy groups -OCH3 is 3. The molecular formula is C17H32N4O6. The zero-order valence-electron chi connectivity index (χ0n) is 17.2. The average Bonchev–Trinajstić information content (AvgIpc) is 2.92. The Hall–Kier alpha value is -1.62. The Balaban J connectivity index is 2.69. The third kappa shape index (κ3) is 2.95. The number of carbonyl (C=O) groups is 2. The molecule has 27 heavy (non-hydrogen) atoms. The van der Waals surface area contributed by atoms with Crippen molar-refractivity contribution < 1.29 is 28.5 Å². The van der Waals surface area contributed by atoms with Crippen LogP contribution in [0.2, 0.25) is 0 Å². The van der Waals surface area contributed by atoms with Crippen LogP contribution in [-0.4, -0.2) is 97.8 Å². The monoisotopic (exact) mass is 388 g/mol. The highest BCUT2D eigenvalue weighted by Crippen LogP contribution is 2.53. The molecular weight excluding hydrogens is 356 g/mol. The van der Waals surface area contributed by atoms with Crippen molar-refractivity contribution in [3.63, 3.8) is 0 Å². The molecule has 156 valence electrons. The molecule has 0 saturated carbocycles. The van der Waals surface area contributed by atoms with Crippen molar-refractivity contribution in [1.82, 2.24) is 19.6 Å². The maximum atomic E-state index is 13.4. The zero-order chi connectivity index (χ0) is 20.2. The molecule has 2 heterocycles. The van der Waals surface area contributed by atoms with Gasteiger partial charge in [-0.15, -0.1) is 0 Å². The van der Waals surface area contributed by atoms with E-state index in [1.165, 1.54) is 21.3 Å². The van der Waals surface area contributed by atoms with Crippen molar-refractivity contribution in [2.24, 2.45) is 0 Å². The summed E-state index contributed by atoms with van der Waals surface area (Å²) in [7, 11) is 4.58. The van der Waals surface area contributed by atoms with E-state index in [4.69, 9.17) is 18.9 Å². The first kappa shape index (κ1) is 21.7. The number of ether oxygens (including phenoxy) is 4. The molecule has 2 unspecified atom stereocenters. The summed E-state index contributed by atoms with van der Waals surface area (Å²) in [6.45, 7) is 6.40. The topological polar surface area (TPSA) is 84.0 Å². The van der Waals surface area contributed by atoms with Crippen LogP contribution in [0, 0.1) is 0 Å². The van der Waals surface area contributed by atoms with E-state index in [0.29, 0.717) is 13.0 Å². The third-order valence-electron chi connectivity index (χ3n) is 5.42. The predicted molar refractivity (Wildman–Crippen MR) is 96.3 cm³/mol. The second kappa shape index (κ2) is 8.59. The first-order valence-corrected chi connectivity index (χ1v) is 9.15. The van der Waals surface area contributed by atoms with Crippen LogP contribution in [0.4, 0.5) is 9.59 Å². The van der Waals surface area contributed by atoms with Crippen molar-refractivity contribution in [2.75, 3.05) is 54.9 Å². The Morgan fingerprint density at radius 3 is 1.63 bits per heavy atom. The number of hydrogen-bond acceptors (Lipinski definition) is 6. The van der Waals surface area contributed by atoms with E-state index in [1.807, 2.05) is 20.8 Å². The van der Waals surface area contributed by atoms with E-state index < -0.39 is 11.3 Å². The second-order valence-corrected chi connectivity index (χ2v) is 6.74. The quantitative estimate of drug-likeness (QED) is 0.533. The van der Waals surface area contributed by atoms with Gasteiger partial charge in [0, 0.05) is 27.9 Å². The van der Waals surface area contributed by atoms with Crippen LogP contribution in [0.1, 0.15) is 33.6 Å². The lowest BCUT2D eigenvalue weighted by Crippen LogP contribution is -2.67. The van der Waals surface area contributed by atoms with Crippen LogP contribution in [0.25, 0.3) is 0 Å². The second-order valence-electron chi connectivity index (χ2n) is 6.74. The lowest BCUT2D eigenvalue weighted by Gasteiger charge is -2.47. The van der Waals surface area contributed by atoms with Crippen molar-refractivity contribution in [2.45, 2.75) is 44.9 Å². The number of fused-ring (bicyclic) bond motifs is 1.